The van der Waals surface area contributed by atoms with Crippen LogP contribution >= 0.6 is 0 Å². The second kappa shape index (κ2) is 6.99. The maximum absolute atomic E-state index is 6.62. The van der Waals surface area contributed by atoms with Crippen molar-refractivity contribution >= 4 is 16.5 Å². The SMILES string of the molecule is N/C(=C\NC[C@@H]1CC23CC2(C3)N1)c1cccc2c(-c3ccc(-c4cnc([C@@H]5CC67CC6(C7)N5)[nH]4)cc3)cccc12. The number of rotatable bonds is 7. The van der Waals surface area contributed by atoms with Gasteiger partial charge >= 0.3 is 0 Å². The van der Waals surface area contributed by atoms with Crippen LogP contribution in [0.1, 0.15) is 56.0 Å². The molecule has 0 spiro atoms. The molecule has 0 radical (unpaired) electrons. The van der Waals surface area contributed by atoms with Gasteiger partial charge in [0.05, 0.1) is 23.6 Å². The molecule has 4 saturated carbocycles. The molecule has 6 heteroatoms. The molecule has 1 aromatic heterocycles. The first-order valence-corrected chi connectivity index (χ1v) is 14.9. The minimum Gasteiger partial charge on any atom is -0.397 e. The number of nitrogens with two attached hydrogens (primary N) is 1. The molecule has 6 nitrogen and oxygen atoms in total. The molecule has 6 N–H and O–H groups in total. The Hall–Kier alpha value is -3.61. The number of piperidine rings is 4. The van der Waals surface area contributed by atoms with Crippen molar-refractivity contribution in [2.45, 2.75) is 61.7 Å². The van der Waals surface area contributed by atoms with E-state index in [1.54, 1.807) is 0 Å². The highest BCUT2D eigenvalue weighted by Crippen LogP contribution is 2.85. The Morgan fingerprint density at radius 1 is 0.875 bits per heavy atom. The molecule has 10 rings (SSSR count). The number of fused-ring (bicyclic) bond motifs is 1. The molecule has 40 heavy (non-hydrogen) atoms. The summed E-state index contributed by atoms with van der Waals surface area (Å²) in [6.07, 6.45) is 12.1. The number of aromatic nitrogens is 2. The van der Waals surface area contributed by atoms with E-state index in [2.05, 4.69) is 81.6 Å². The van der Waals surface area contributed by atoms with Gasteiger partial charge in [0.2, 0.25) is 0 Å². The highest BCUT2D eigenvalue weighted by molar-refractivity contribution is 6.02. The average Bonchev–Trinajstić information content (AvgIpc) is 3.82. The van der Waals surface area contributed by atoms with Crippen LogP contribution in [0.2, 0.25) is 0 Å². The van der Waals surface area contributed by atoms with Crippen molar-refractivity contribution in [3.05, 3.63) is 84.4 Å². The monoisotopic (exact) mass is 526 g/mol. The molecule has 2 saturated heterocycles. The molecule has 6 fully saturated rings. The first kappa shape index (κ1) is 22.1. The molecule has 0 amide bonds. The number of nitrogens with one attached hydrogen (secondary N) is 4. The second-order valence-electron chi connectivity index (χ2n) is 13.9. The summed E-state index contributed by atoms with van der Waals surface area (Å²) < 4.78 is 0. The van der Waals surface area contributed by atoms with E-state index in [1.165, 1.54) is 60.4 Å². The molecule has 0 unspecified atom stereocenters. The molecular formula is C34H34N6. The molecule has 2 atom stereocenters. The van der Waals surface area contributed by atoms with Gasteiger partial charge in [-0.1, -0.05) is 60.7 Å². The van der Waals surface area contributed by atoms with E-state index in [0.29, 0.717) is 34.0 Å². The first-order chi connectivity index (χ1) is 19.5. The minimum atomic E-state index is 0.382. The summed E-state index contributed by atoms with van der Waals surface area (Å²) in [5.74, 6) is 1.08. The van der Waals surface area contributed by atoms with E-state index in [0.717, 1.165) is 34.9 Å². The lowest BCUT2D eigenvalue weighted by molar-refractivity contribution is 0.396. The predicted molar refractivity (Wildman–Crippen MR) is 158 cm³/mol. The zero-order valence-electron chi connectivity index (χ0n) is 22.6. The van der Waals surface area contributed by atoms with Crippen LogP contribution in [0.15, 0.2) is 73.1 Å². The molecule has 3 aromatic carbocycles. The number of nitrogens with zero attached hydrogens (tertiary/aromatic N) is 1. The quantitative estimate of drug-likeness (QED) is 0.228. The van der Waals surface area contributed by atoms with E-state index < -0.39 is 0 Å². The standard InChI is InChI=1S/C34H34N6/c35-27(14-36-13-22-11-31-16-33(31,17-31)39-22)26-6-2-4-24-23(3-1-5-25(24)26)20-7-9-21(10-8-20)29-15-37-30(38-29)28-12-32-18-34(32,19-32)40-28/h1-10,14-15,22,28,36,39-40H,11-13,16-19,35H2,(H,37,38)/b27-14-/t22-,28-,31?,32?,33?,34?/m0/s1. The Morgan fingerprint density at radius 2 is 1.60 bits per heavy atom. The number of benzene rings is 3. The third kappa shape index (κ3) is 2.88. The summed E-state index contributed by atoms with van der Waals surface area (Å²) in [4.78, 5) is 8.33. The Bertz CT molecular complexity index is 1720. The molecule has 4 aliphatic carbocycles. The summed E-state index contributed by atoms with van der Waals surface area (Å²) in [5, 5.41) is 13.5. The molecule has 6 aliphatic rings. The van der Waals surface area contributed by atoms with Gasteiger partial charge in [-0.2, -0.15) is 0 Å². The summed E-state index contributed by atoms with van der Waals surface area (Å²) >= 11 is 0. The van der Waals surface area contributed by atoms with E-state index in [-0.39, 0.29) is 0 Å². The Labute approximate surface area is 233 Å². The molecule has 4 aromatic rings. The van der Waals surface area contributed by atoms with E-state index in [1.807, 2.05) is 12.4 Å². The lowest BCUT2D eigenvalue weighted by Gasteiger charge is -2.21. The third-order valence-corrected chi connectivity index (χ3v) is 11.5. The number of hydrogen-bond acceptors (Lipinski definition) is 5. The highest BCUT2D eigenvalue weighted by Gasteiger charge is 2.87. The van der Waals surface area contributed by atoms with Crippen LogP contribution in [0.25, 0.3) is 38.9 Å². The summed E-state index contributed by atoms with van der Waals surface area (Å²) in [6.45, 7) is 0.934. The van der Waals surface area contributed by atoms with Gasteiger partial charge in [-0.25, -0.2) is 4.98 Å². The van der Waals surface area contributed by atoms with Gasteiger partial charge in [0.1, 0.15) is 5.82 Å². The van der Waals surface area contributed by atoms with Gasteiger partial charge in [-0.3, -0.25) is 0 Å². The van der Waals surface area contributed by atoms with Crippen molar-refractivity contribution in [2.75, 3.05) is 6.54 Å². The van der Waals surface area contributed by atoms with Gasteiger partial charge in [0.15, 0.2) is 0 Å². The first-order valence-electron chi connectivity index (χ1n) is 14.9. The third-order valence-electron chi connectivity index (χ3n) is 11.5. The van der Waals surface area contributed by atoms with Crippen LogP contribution in [0.4, 0.5) is 0 Å². The van der Waals surface area contributed by atoms with E-state index in [4.69, 9.17) is 10.7 Å². The van der Waals surface area contributed by atoms with Gasteiger partial charge in [-0.15, -0.1) is 0 Å². The summed E-state index contributed by atoms with van der Waals surface area (Å²) in [7, 11) is 0. The maximum Gasteiger partial charge on any atom is 0.123 e. The van der Waals surface area contributed by atoms with Crippen molar-refractivity contribution in [1.29, 1.82) is 0 Å². The fourth-order valence-electron chi connectivity index (χ4n) is 8.89. The largest absolute Gasteiger partial charge is 0.397 e. The summed E-state index contributed by atoms with van der Waals surface area (Å²) in [5.41, 5.74) is 15.4. The van der Waals surface area contributed by atoms with E-state index >= 15 is 0 Å². The van der Waals surface area contributed by atoms with Gasteiger partial charge < -0.3 is 26.7 Å². The molecule has 3 heterocycles. The second-order valence-corrected chi connectivity index (χ2v) is 13.9. The van der Waals surface area contributed by atoms with Crippen molar-refractivity contribution < 1.29 is 0 Å². The Morgan fingerprint density at radius 3 is 2.35 bits per heavy atom. The van der Waals surface area contributed by atoms with Crippen molar-refractivity contribution in [3.8, 4) is 22.4 Å². The smallest absolute Gasteiger partial charge is 0.123 e. The molecule has 200 valence electrons. The normalized spacial score (nSPS) is 37.5. The zero-order chi connectivity index (χ0) is 26.3. The number of imidazole rings is 1. The van der Waals surface area contributed by atoms with Gasteiger partial charge in [0, 0.05) is 35.4 Å². The summed E-state index contributed by atoms with van der Waals surface area (Å²) in [6, 6.07) is 22.7. The minimum absolute atomic E-state index is 0.382. The van der Waals surface area contributed by atoms with Gasteiger partial charge in [-0.05, 0) is 76.8 Å². The maximum atomic E-state index is 6.62. The van der Waals surface area contributed by atoms with Crippen molar-refractivity contribution in [1.82, 2.24) is 25.9 Å². The van der Waals surface area contributed by atoms with Crippen LogP contribution < -0.4 is 21.7 Å². The fourth-order valence-corrected chi connectivity index (χ4v) is 8.89. The van der Waals surface area contributed by atoms with Crippen LogP contribution in [-0.4, -0.2) is 33.6 Å². The molecular weight excluding hydrogens is 492 g/mol. The van der Waals surface area contributed by atoms with Crippen molar-refractivity contribution in [3.63, 3.8) is 0 Å². The Kier molecular flexibility index (Phi) is 3.86. The lowest BCUT2D eigenvalue weighted by Crippen LogP contribution is -2.40. The lowest BCUT2D eigenvalue weighted by atomic mass is 9.94. The molecule has 0 bridgehead atoms. The van der Waals surface area contributed by atoms with Gasteiger partial charge in [0.25, 0.3) is 0 Å². The van der Waals surface area contributed by atoms with Crippen LogP contribution in [-0.2, 0) is 0 Å². The number of hydrogen-bond donors (Lipinski definition) is 5. The zero-order valence-corrected chi connectivity index (χ0v) is 22.6. The number of H-pyrrole nitrogens is 1. The predicted octanol–water partition coefficient (Wildman–Crippen LogP) is 5.21. The highest BCUT2D eigenvalue weighted by atomic mass is 15.3. The van der Waals surface area contributed by atoms with Crippen LogP contribution in [0.3, 0.4) is 0 Å². The Balaban J connectivity index is 0.882. The van der Waals surface area contributed by atoms with E-state index in [9.17, 15) is 0 Å². The topological polar surface area (TPSA) is 90.8 Å². The van der Waals surface area contributed by atoms with Crippen LogP contribution in [0.5, 0.6) is 0 Å². The van der Waals surface area contributed by atoms with Crippen molar-refractivity contribution in [2.24, 2.45) is 16.6 Å². The average molecular weight is 527 g/mol. The van der Waals surface area contributed by atoms with Crippen LogP contribution in [0, 0.1) is 10.8 Å². The number of aromatic amines is 1. The molecule has 2 aliphatic heterocycles. The fraction of sp³-hybridized carbons (Fsp3) is 0.382.